The van der Waals surface area contributed by atoms with Gasteiger partial charge < -0.3 is 14.4 Å². The first kappa shape index (κ1) is 19.9. The highest BCUT2D eigenvalue weighted by atomic mass is 19.1. The minimum Gasteiger partial charge on any atom is -0.473 e. The van der Waals surface area contributed by atoms with Crippen molar-refractivity contribution < 1.29 is 18.3 Å². The fourth-order valence-corrected chi connectivity index (χ4v) is 3.32. The Morgan fingerprint density at radius 1 is 1.07 bits per heavy atom. The number of fused-ring (bicyclic) bond motifs is 1. The van der Waals surface area contributed by atoms with Crippen LogP contribution in [0.2, 0.25) is 0 Å². The third-order valence-electron chi connectivity index (χ3n) is 5.14. The van der Waals surface area contributed by atoms with E-state index in [1.54, 1.807) is 34.9 Å². The number of hydrogen-bond acceptors (Lipinski definition) is 5. The van der Waals surface area contributed by atoms with Gasteiger partial charge in [-0.25, -0.2) is 13.6 Å². The summed E-state index contributed by atoms with van der Waals surface area (Å²) in [6.07, 6.45) is 0.891. The maximum atomic E-state index is 13.3. The van der Waals surface area contributed by atoms with Gasteiger partial charge in [-0.3, -0.25) is 4.57 Å². The first-order valence-corrected chi connectivity index (χ1v) is 9.59. The minimum absolute atomic E-state index is 0.0774. The van der Waals surface area contributed by atoms with Crippen LogP contribution < -0.4 is 20.1 Å². The van der Waals surface area contributed by atoms with E-state index in [1.165, 1.54) is 0 Å². The summed E-state index contributed by atoms with van der Waals surface area (Å²) in [6, 6.07) is 12.0. The Kier molecular flexibility index (Phi) is 5.39. The van der Waals surface area contributed by atoms with Gasteiger partial charge in [-0.15, -0.1) is 0 Å². The molecule has 1 unspecified atom stereocenters. The summed E-state index contributed by atoms with van der Waals surface area (Å²) in [4.78, 5) is 18.3. The second kappa shape index (κ2) is 8.14. The van der Waals surface area contributed by atoms with E-state index >= 15 is 0 Å². The van der Waals surface area contributed by atoms with Crippen LogP contribution in [-0.2, 0) is 13.2 Å². The average Bonchev–Trinajstić information content (AvgIpc) is 2.70. The van der Waals surface area contributed by atoms with E-state index in [0.29, 0.717) is 18.3 Å². The number of aromatic nitrogens is 2. The highest BCUT2D eigenvalue weighted by Crippen LogP contribution is 2.26. The molecule has 0 bridgehead atoms. The van der Waals surface area contributed by atoms with Crippen LogP contribution in [0.15, 0.2) is 53.3 Å². The molecule has 1 atom stereocenters. The van der Waals surface area contributed by atoms with Crippen LogP contribution in [0.4, 0.5) is 14.6 Å². The van der Waals surface area contributed by atoms with Crippen molar-refractivity contribution in [3.63, 3.8) is 0 Å². The zero-order chi connectivity index (χ0) is 21.3. The summed E-state index contributed by atoms with van der Waals surface area (Å²) >= 11 is 0. The van der Waals surface area contributed by atoms with Crippen LogP contribution in [-0.4, -0.2) is 22.6 Å². The normalized spacial score (nSPS) is 15.6. The second-order valence-electron chi connectivity index (χ2n) is 7.28. The predicted molar refractivity (Wildman–Crippen MR) is 108 cm³/mol. The zero-order valence-corrected chi connectivity index (χ0v) is 16.6. The van der Waals surface area contributed by atoms with E-state index < -0.39 is 11.6 Å². The van der Waals surface area contributed by atoms with E-state index in [4.69, 9.17) is 9.47 Å². The van der Waals surface area contributed by atoms with Crippen LogP contribution in [0.5, 0.6) is 17.4 Å². The lowest BCUT2D eigenvalue weighted by molar-refractivity contribution is 0.289. The van der Waals surface area contributed by atoms with E-state index in [0.717, 1.165) is 36.0 Å². The molecule has 0 fully saturated rings. The summed E-state index contributed by atoms with van der Waals surface area (Å²) in [5.41, 5.74) is 0.501. The second-order valence-corrected chi connectivity index (χ2v) is 7.28. The number of anilines is 1. The van der Waals surface area contributed by atoms with Gasteiger partial charge in [0.25, 0.3) is 0 Å². The molecule has 0 N–H and O–H groups in total. The fourth-order valence-electron chi connectivity index (χ4n) is 3.32. The molecule has 3 aromatic rings. The molecule has 0 spiro atoms. The highest BCUT2D eigenvalue weighted by molar-refractivity contribution is 5.44. The quantitative estimate of drug-likeness (QED) is 0.630. The zero-order valence-electron chi connectivity index (χ0n) is 16.6. The third-order valence-corrected chi connectivity index (χ3v) is 5.14. The van der Waals surface area contributed by atoms with Gasteiger partial charge in [0.1, 0.15) is 35.6 Å². The van der Waals surface area contributed by atoms with Crippen LogP contribution >= 0.6 is 0 Å². The van der Waals surface area contributed by atoms with Crippen molar-refractivity contribution in [1.82, 2.24) is 9.55 Å². The fraction of sp³-hybridized carbons (Fsp3) is 0.273. The molecule has 8 heteroatoms. The van der Waals surface area contributed by atoms with Gasteiger partial charge in [-0.05, 0) is 31.0 Å². The molecule has 2 aromatic carbocycles. The smallest absolute Gasteiger partial charge is 0.352 e. The molecule has 4 rings (SSSR count). The van der Waals surface area contributed by atoms with Crippen molar-refractivity contribution >= 4 is 5.82 Å². The SMILES string of the molecule is CC1CCn2c(cc(OCc3ccc(Oc4cc(F)cc(F)c4)cc3)nc2=O)N1C. The predicted octanol–water partition coefficient (Wildman–Crippen LogP) is 4.12. The summed E-state index contributed by atoms with van der Waals surface area (Å²) < 4.78 is 39.4. The van der Waals surface area contributed by atoms with E-state index in [2.05, 4.69) is 11.9 Å². The molecule has 2 heterocycles. The lowest BCUT2D eigenvalue weighted by atomic mass is 10.1. The summed E-state index contributed by atoms with van der Waals surface area (Å²) in [7, 11) is 1.95. The summed E-state index contributed by atoms with van der Waals surface area (Å²) in [6.45, 7) is 2.96. The highest BCUT2D eigenvalue weighted by Gasteiger charge is 2.22. The largest absolute Gasteiger partial charge is 0.473 e. The summed E-state index contributed by atoms with van der Waals surface area (Å²) in [5.74, 6) is 0.155. The maximum absolute atomic E-state index is 13.3. The molecule has 1 aliphatic heterocycles. The number of ether oxygens (including phenoxy) is 2. The first-order chi connectivity index (χ1) is 14.4. The number of halogens is 2. The molecule has 0 aliphatic carbocycles. The molecule has 0 radical (unpaired) electrons. The molecular weight excluding hydrogens is 392 g/mol. The summed E-state index contributed by atoms with van der Waals surface area (Å²) in [5, 5.41) is 0. The van der Waals surface area contributed by atoms with Crippen molar-refractivity contribution in [3.05, 3.63) is 76.2 Å². The Balaban J connectivity index is 1.43. The Bertz CT molecular complexity index is 1100. The molecule has 0 saturated carbocycles. The van der Waals surface area contributed by atoms with E-state index in [1.807, 2.05) is 11.9 Å². The van der Waals surface area contributed by atoms with Crippen molar-refractivity contribution in [2.75, 3.05) is 11.9 Å². The van der Waals surface area contributed by atoms with Crippen molar-refractivity contribution in [3.8, 4) is 17.4 Å². The Hall–Kier alpha value is -3.42. The van der Waals surface area contributed by atoms with Crippen LogP contribution in [0.3, 0.4) is 0 Å². The van der Waals surface area contributed by atoms with E-state index in [-0.39, 0.29) is 23.9 Å². The molecule has 6 nitrogen and oxygen atoms in total. The lowest BCUT2D eigenvalue weighted by Gasteiger charge is -2.34. The number of nitrogens with zero attached hydrogens (tertiary/aromatic N) is 3. The van der Waals surface area contributed by atoms with Gasteiger partial charge in [0.05, 0.1) is 0 Å². The van der Waals surface area contributed by atoms with E-state index in [9.17, 15) is 13.6 Å². The monoisotopic (exact) mass is 413 g/mol. The number of hydrogen-bond donors (Lipinski definition) is 0. The van der Waals surface area contributed by atoms with Gasteiger partial charge >= 0.3 is 5.69 Å². The van der Waals surface area contributed by atoms with Crippen molar-refractivity contribution in [2.24, 2.45) is 0 Å². The van der Waals surface area contributed by atoms with Crippen LogP contribution in [0.1, 0.15) is 18.9 Å². The standard InChI is InChI=1S/C22H21F2N3O3/c1-14-7-8-27-21(26(14)2)12-20(25-22(27)28)29-13-15-3-5-18(6-4-15)30-19-10-16(23)9-17(24)11-19/h3-6,9-12,14H,7-8,13H2,1-2H3. The molecular formula is C22H21F2N3O3. The van der Waals surface area contributed by atoms with Gasteiger partial charge in [0.2, 0.25) is 5.88 Å². The molecule has 1 aromatic heterocycles. The number of rotatable bonds is 5. The average molecular weight is 413 g/mol. The molecule has 1 aliphatic rings. The topological polar surface area (TPSA) is 56.6 Å². The lowest BCUT2D eigenvalue weighted by Crippen LogP contribution is -2.41. The molecule has 156 valence electrons. The molecule has 0 saturated heterocycles. The number of benzene rings is 2. The van der Waals surface area contributed by atoms with Crippen LogP contribution in [0.25, 0.3) is 0 Å². The molecule has 0 amide bonds. The van der Waals surface area contributed by atoms with Gasteiger partial charge in [-0.1, -0.05) is 12.1 Å². The van der Waals surface area contributed by atoms with Crippen LogP contribution in [0, 0.1) is 11.6 Å². The Morgan fingerprint density at radius 3 is 2.47 bits per heavy atom. The van der Waals surface area contributed by atoms with Gasteiger partial charge in [0, 0.05) is 43.9 Å². The van der Waals surface area contributed by atoms with Crippen molar-refractivity contribution in [2.45, 2.75) is 32.5 Å². The van der Waals surface area contributed by atoms with Gasteiger partial charge in [-0.2, -0.15) is 4.98 Å². The molecule has 30 heavy (non-hydrogen) atoms. The Labute approximate surface area is 172 Å². The third kappa shape index (κ3) is 4.27. The first-order valence-electron chi connectivity index (χ1n) is 9.59. The van der Waals surface area contributed by atoms with Crippen molar-refractivity contribution in [1.29, 1.82) is 0 Å². The van der Waals surface area contributed by atoms with Gasteiger partial charge in [0.15, 0.2) is 0 Å². The minimum atomic E-state index is -0.705. The Morgan fingerprint density at radius 2 is 1.77 bits per heavy atom. The maximum Gasteiger partial charge on any atom is 0.352 e.